The molecule has 2 aromatic heterocycles. The number of rotatable bonds is 6. The van der Waals surface area contributed by atoms with Gasteiger partial charge in [-0.05, 0) is 30.3 Å². The van der Waals surface area contributed by atoms with Crippen molar-refractivity contribution in [3.05, 3.63) is 72.5 Å². The molecule has 0 unspecified atom stereocenters. The second-order valence-corrected chi connectivity index (χ2v) is 5.29. The first kappa shape index (κ1) is 16.6. The fourth-order valence-corrected chi connectivity index (χ4v) is 2.22. The quantitative estimate of drug-likeness (QED) is 0.699. The van der Waals surface area contributed by atoms with Crippen LogP contribution in [0.1, 0.15) is 5.56 Å². The molecule has 0 aliphatic carbocycles. The van der Waals surface area contributed by atoms with E-state index in [1.54, 1.807) is 23.4 Å². The lowest BCUT2D eigenvalue weighted by Crippen LogP contribution is -2.25. The minimum Gasteiger partial charge on any atom is -0.472 e. The second kappa shape index (κ2) is 7.57. The Morgan fingerprint density at radius 2 is 2.16 bits per heavy atom. The van der Waals surface area contributed by atoms with Crippen molar-refractivity contribution < 1.29 is 18.0 Å². The Balaban J connectivity index is 1.49. The van der Waals surface area contributed by atoms with Crippen molar-refractivity contribution in [3.8, 4) is 11.1 Å². The third-order valence-electron chi connectivity index (χ3n) is 3.50. The minimum atomic E-state index is -0.589. The summed E-state index contributed by atoms with van der Waals surface area (Å²) in [7, 11) is 0. The van der Waals surface area contributed by atoms with Crippen LogP contribution in [0.2, 0.25) is 0 Å². The summed E-state index contributed by atoms with van der Waals surface area (Å²) < 4.78 is 33.2. The van der Waals surface area contributed by atoms with Crippen LogP contribution >= 0.6 is 0 Å². The molecule has 3 rings (SSSR count). The van der Waals surface area contributed by atoms with E-state index in [2.05, 4.69) is 10.4 Å². The van der Waals surface area contributed by atoms with Crippen LogP contribution in [0.25, 0.3) is 17.2 Å². The highest BCUT2D eigenvalue weighted by Crippen LogP contribution is 2.18. The Kier molecular flexibility index (Phi) is 5.03. The van der Waals surface area contributed by atoms with Crippen LogP contribution < -0.4 is 5.32 Å². The van der Waals surface area contributed by atoms with E-state index in [-0.39, 0.29) is 5.56 Å². The van der Waals surface area contributed by atoms with Gasteiger partial charge in [-0.25, -0.2) is 8.78 Å². The number of nitrogens with zero attached hydrogens (tertiary/aromatic N) is 2. The zero-order valence-corrected chi connectivity index (χ0v) is 13.2. The molecule has 0 spiro atoms. The molecule has 0 atom stereocenters. The molecule has 2 heterocycles. The Labute approximate surface area is 142 Å². The van der Waals surface area contributed by atoms with Gasteiger partial charge in [-0.2, -0.15) is 5.10 Å². The Morgan fingerprint density at radius 3 is 2.96 bits per heavy atom. The van der Waals surface area contributed by atoms with Crippen LogP contribution in [0.3, 0.4) is 0 Å². The van der Waals surface area contributed by atoms with E-state index in [4.69, 9.17) is 4.42 Å². The Morgan fingerprint density at radius 1 is 1.28 bits per heavy atom. The summed E-state index contributed by atoms with van der Waals surface area (Å²) in [6, 6.07) is 4.90. The third-order valence-corrected chi connectivity index (χ3v) is 3.50. The monoisotopic (exact) mass is 343 g/mol. The van der Waals surface area contributed by atoms with Crippen LogP contribution in [0.15, 0.2) is 59.7 Å². The van der Waals surface area contributed by atoms with Gasteiger partial charge in [-0.3, -0.25) is 9.48 Å². The Bertz CT molecular complexity index is 886. The van der Waals surface area contributed by atoms with Gasteiger partial charge in [0.15, 0.2) is 0 Å². The highest BCUT2D eigenvalue weighted by atomic mass is 19.1. The zero-order chi connectivity index (χ0) is 17.6. The largest absolute Gasteiger partial charge is 0.472 e. The number of hydrogen-bond acceptors (Lipinski definition) is 3. The number of carbonyl (C=O) groups excluding carboxylic acids is 1. The smallest absolute Gasteiger partial charge is 0.244 e. The first-order chi connectivity index (χ1) is 12.1. The molecule has 0 fully saturated rings. The first-order valence-electron chi connectivity index (χ1n) is 7.58. The van der Waals surface area contributed by atoms with E-state index in [0.29, 0.717) is 13.1 Å². The molecule has 0 bridgehead atoms. The normalized spacial score (nSPS) is 11.1. The van der Waals surface area contributed by atoms with E-state index < -0.39 is 17.5 Å². The van der Waals surface area contributed by atoms with Crippen molar-refractivity contribution >= 4 is 12.0 Å². The van der Waals surface area contributed by atoms with Gasteiger partial charge in [0.1, 0.15) is 11.6 Å². The fourth-order valence-electron chi connectivity index (χ4n) is 2.22. The molecule has 0 radical (unpaired) electrons. The number of hydrogen-bond donors (Lipinski definition) is 1. The van der Waals surface area contributed by atoms with Crippen molar-refractivity contribution in [2.75, 3.05) is 6.54 Å². The maximum absolute atomic E-state index is 13.4. The molecular weight excluding hydrogens is 328 g/mol. The van der Waals surface area contributed by atoms with Gasteiger partial charge >= 0.3 is 0 Å². The average Bonchev–Trinajstić information content (AvgIpc) is 3.27. The van der Waals surface area contributed by atoms with E-state index in [1.807, 2.05) is 12.3 Å². The molecule has 0 aliphatic heterocycles. The number of halogens is 2. The molecule has 25 heavy (non-hydrogen) atoms. The van der Waals surface area contributed by atoms with Gasteiger partial charge in [-0.1, -0.05) is 0 Å². The molecule has 1 N–H and O–H groups in total. The number of aromatic nitrogens is 2. The van der Waals surface area contributed by atoms with Crippen LogP contribution in [-0.2, 0) is 11.3 Å². The molecule has 1 aromatic carbocycles. The van der Waals surface area contributed by atoms with Crippen LogP contribution in [0, 0.1) is 11.6 Å². The predicted octanol–water partition coefficient (Wildman–Crippen LogP) is 3.25. The van der Waals surface area contributed by atoms with Crippen molar-refractivity contribution in [1.82, 2.24) is 15.1 Å². The van der Waals surface area contributed by atoms with E-state index in [0.717, 1.165) is 35.4 Å². The molecule has 3 aromatic rings. The lowest BCUT2D eigenvalue weighted by atomic mass is 10.2. The van der Waals surface area contributed by atoms with Crippen molar-refractivity contribution in [2.24, 2.45) is 0 Å². The highest BCUT2D eigenvalue weighted by Gasteiger charge is 2.04. The molecule has 0 saturated heterocycles. The summed E-state index contributed by atoms with van der Waals surface area (Å²) in [4.78, 5) is 11.7. The summed E-state index contributed by atoms with van der Waals surface area (Å²) in [5.74, 6) is -1.55. The SMILES string of the molecule is O=C(/C=C/c1cc(F)ccc1F)NCCn1cc(-c2ccoc2)cn1. The van der Waals surface area contributed by atoms with E-state index in [1.165, 1.54) is 6.08 Å². The van der Waals surface area contributed by atoms with Gasteiger partial charge < -0.3 is 9.73 Å². The van der Waals surface area contributed by atoms with Crippen molar-refractivity contribution in [1.29, 1.82) is 0 Å². The second-order valence-electron chi connectivity index (χ2n) is 5.29. The van der Waals surface area contributed by atoms with Crippen molar-refractivity contribution in [3.63, 3.8) is 0 Å². The summed E-state index contributed by atoms with van der Waals surface area (Å²) in [5.41, 5.74) is 1.86. The lowest BCUT2D eigenvalue weighted by Gasteiger charge is -2.02. The molecule has 1 amide bonds. The molecule has 7 heteroatoms. The standard InChI is InChI=1S/C18H15F2N3O2/c19-16-2-3-17(20)13(9-16)1-4-18(24)21-6-7-23-11-15(10-22-23)14-5-8-25-12-14/h1-5,8-12H,6-7H2,(H,21,24)/b4-1+. The number of carbonyl (C=O) groups is 1. The predicted molar refractivity (Wildman–Crippen MR) is 88.3 cm³/mol. The molecule has 5 nitrogen and oxygen atoms in total. The van der Waals surface area contributed by atoms with Crippen molar-refractivity contribution in [2.45, 2.75) is 6.54 Å². The molecular formula is C18H15F2N3O2. The van der Waals surface area contributed by atoms with Crippen LogP contribution in [-0.4, -0.2) is 22.2 Å². The molecule has 128 valence electrons. The van der Waals surface area contributed by atoms with Crippen LogP contribution in [0.5, 0.6) is 0 Å². The van der Waals surface area contributed by atoms with Gasteiger partial charge in [0, 0.05) is 35.5 Å². The zero-order valence-electron chi connectivity index (χ0n) is 13.2. The molecule has 0 aliphatic rings. The van der Waals surface area contributed by atoms with Crippen LogP contribution in [0.4, 0.5) is 8.78 Å². The van der Waals surface area contributed by atoms with E-state index in [9.17, 15) is 13.6 Å². The fraction of sp³-hybridized carbons (Fsp3) is 0.111. The van der Waals surface area contributed by atoms with Gasteiger partial charge in [-0.15, -0.1) is 0 Å². The summed E-state index contributed by atoms with van der Waals surface area (Å²) >= 11 is 0. The molecule has 0 saturated carbocycles. The summed E-state index contributed by atoms with van der Waals surface area (Å²) in [6.07, 6.45) is 9.16. The number of benzene rings is 1. The highest BCUT2D eigenvalue weighted by molar-refractivity contribution is 5.91. The van der Waals surface area contributed by atoms with Gasteiger partial charge in [0.25, 0.3) is 0 Å². The first-order valence-corrected chi connectivity index (χ1v) is 7.58. The van der Waals surface area contributed by atoms with Gasteiger partial charge in [0.05, 0.1) is 25.3 Å². The van der Waals surface area contributed by atoms with E-state index >= 15 is 0 Å². The lowest BCUT2D eigenvalue weighted by molar-refractivity contribution is -0.116. The number of nitrogens with one attached hydrogen (secondary N) is 1. The third kappa shape index (κ3) is 4.41. The average molecular weight is 343 g/mol. The number of furan rings is 1. The Hall–Kier alpha value is -3.22. The van der Waals surface area contributed by atoms with Gasteiger partial charge in [0.2, 0.25) is 5.91 Å². The maximum Gasteiger partial charge on any atom is 0.244 e. The number of amides is 1. The summed E-state index contributed by atoms with van der Waals surface area (Å²) in [5, 5.41) is 6.86. The summed E-state index contributed by atoms with van der Waals surface area (Å²) in [6.45, 7) is 0.826. The topological polar surface area (TPSA) is 60.1 Å². The maximum atomic E-state index is 13.4. The minimum absolute atomic E-state index is 0.0204.